The van der Waals surface area contributed by atoms with Crippen LogP contribution in [0, 0.1) is 23.5 Å². The summed E-state index contributed by atoms with van der Waals surface area (Å²) in [5, 5.41) is 10.2. The van der Waals surface area contributed by atoms with Crippen molar-refractivity contribution in [1.29, 1.82) is 0 Å². The number of nitrogens with zero attached hydrogens (tertiary/aromatic N) is 2. The second kappa shape index (κ2) is 13.3. The molecule has 1 fully saturated rings. The third-order valence-corrected chi connectivity index (χ3v) is 8.41. The zero-order valence-corrected chi connectivity index (χ0v) is 22.2. The number of aromatic nitrogens is 1. The Morgan fingerprint density at radius 1 is 1.21 bits per heavy atom. The topological polar surface area (TPSA) is 62.7 Å². The van der Waals surface area contributed by atoms with Gasteiger partial charge < -0.3 is 14.7 Å². The molecule has 4 rings (SSSR count). The molecule has 2 aromatic carbocycles. The van der Waals surface area contributed by atoms with Crippen LogP contribution in [0.25, 0.3) is 10.9 Å². The molecule has 3 atom stereocenters. The van der Waals surface area contributed by atoms with Gasteiger partial charge in [-0.15, -0.1) is 11.8 Å². The van der Waals surface area contributed by atoms with Gasteiger partial charge in [-0.05, 0) is 104 Å². The SMILES string of the molecule is COc1ccc2nccc([C@@H](F)CC[C@@H]3CCN(CCCSc4cc(F)ccc4F)C[C@@H]3CC(=O)O)c2c1. The summed E-state index contributed by atoms with van der Waals surface area (Å²) in [7, 11) is 1.57. The largest absolute Gasteiger partial charge is 0.497 e. The summed E-state index contributed by atoms with van der Waals surface area (Å²) in [5.41, 5.74) is 1.29. The van der Waals surface area contributed by atoms with Crippen LogP contribution in [0.3, 0.4) is 0 Å². The molecule has 0 aliphatic carbocycles. The highest BCUT2D eigenvalue weighted by Gasteiger charge is 2.31. The first-order valence-electron chi connectivity index (χ1n) is 12.9. The van der Waals surface area contributed by atoms with Crippen LogP contribution >= 0.6 is 11.8 Å². The minimum Gasteiger partial charge on any atom is -0.497 e. The number of ether oxygens (including phenoxy) is 1. The maximum absolute atomic E-state index is 15.5. The highest BCUT2D eigenvalue weighted by atomic mass is 32.2. The number of piperidine rings is 1. The fraction of sp³-hybridized carbons (Fsp3) is 0.448. The van der Waals surface area contributed by atoms with Crippen molar-refractivity contribution in [2.24, 2.45) is 11.8 Å². The highest BCUT2D eigenvalue weighted by Crippen LogP contribution is 2.36. The van der Waals surface area contributed by atoms with E-state index in [0.717, 1.165) is 43.5 Å². The van der Waals surface area contributed by atoms with Gasteiger partial charge >= 0.3 is 5.97 Å². The van der Waals surface area contributed by atoms with Crippen molar-refractivity contribution < 1.29 is 27.8 Å². The molecule has 0 unspecified atom stereocenters. The summed E-state index contributed by atoms with van der Waals surface area (Å²) in [6.07, 6.45) is 2.98. The van der Waals surface area contributed by atoms with E-state index in [9.17, 15) is 18.7 Å². The molecule has 2 heterocycles. The van der Waals surface area contributed by atoms with Crippen LogP contribution in [-0.4, -0.2) is 53.5 Å². The third-order valence-electron chi connectivity index (χ3n) is 7.29. The Kier molecular flexibility index (Phi) is 9.91. The van der Waals surface area contributed by atoms with Crippen LogP contribution in [0.2, 0.25) is 0 Å². The van der Waals surface area contributed by atoms with Crippen molar-refractivity contribution in [3.63, 3.8) is 0 Å². The second-order valence-corrected chi connectivity index (χ2v) is 10.9. The number of fused-ring (bicyclic) bond motifs is 1. The van der Waals surface area contributed by atoms with Crippen molar-refractivity contribution in [2.45, 2.75) is 43.2 Å². The second-order valence-electron chi connectivity index (χ2n) is 9.81. The Hall–Kier alpha value is -2.78. The summed E-state index contributed by atoms with van der Waals surface area (Å²) in [4.78, 5) is 18.4. The normalized spacial score (nSPS) is 18.9. The number of carboxylic acids is 1. The highest BCUT2D eigenvalue weighted by molar-refractivity contribution is 7.99. The molecule has 0 spiro atoms. The lowest BCUT2D eigenvalue weighted by atomic mass is 9.79. The number of carboxylic acid groups (broad SMARTS) is 1. The van der Waals surface area contributed by atoms with Gasteiger partial charge in [0.25, 0.3) is 0 Å². The molecule has 0 amide bonds. The van der Waals surface area contributed by atoms with Gasteiger partial charge in [0.15, 0.2) is 0 Å². The van der Waals surface area contributed by atoms with Crippen LogP contribution in [0.1, 0.15) is 43.8 Å². The number of halogens is 3. The molecular weight excluding hydrogens is 513 g/mol. The van der Waals surface area contributed by atoms with E-state index in [0.29, 0.717) is 46.9 Å². The first-order chi connectivity index (χ1) is 18.3. The Bertz CT molecular complexity index is 1240. The van der Waals surface area contributed by atoms with E-state index in [4.69, 9.17) is 4.74 Å². The third kappa shape index (κ3) is 7.41. The number of thioether (sulfide) groups is 1. The molecule has 5 nitrogen and oxygen atoms in total. The molecule has 1 aliphatic rings. The minimum atomic E-state index is -1.18. The number of alkyl halides is 1. The number of carbonyl (C=O) groups is 1. The molecule has 1 aliphatic heterocycles. The van der Waals surface area contributed by atoms with Crippen molar-refractivity contribution in [1.82, 2.24) is 9.88 Å². The van der Waals surface area contributed by atoms with Gasteiger partial charge in [-0.25, -0.2) is 13.2 Å². The summed E-state index contributed by atoms with van der Waals surface area (Å²) in [6.45, 7) is 2.21. The monoisotopic (exact) mass is 546 g/mol. The number of likely N-dealkylation sites (tertiary alicyclic amines) is 1. The number of methoxy groups -OCH3 is 1. The predicted octanol–water partition coefficient (Wildman–Crippen LogP) is 6.91. The number of aliphatic carboxylic acids is 1. The molecule has 3 aromatic rings. The number of benzene rings is 2. The summed E-state index contributed by atoms with van der Waals surface area (Å²) < 4.78 is 48.0. The predicted molar refractivity (Wildman–Crippen MR) is 143 cm³/mol. The van der Waals surface area contributed by atoms with Gasteiger partial charge in [-0.1, -0.05) is 0 Å². The number of hydrogen-bond acceptors (Lipinski definition) is 5. The van der Waals surface area contributed by atoms with E-state index in [2.05, 4.69) is 9.88 Å². The van der Waals surface area contributed by atoms with Gasteiger partial charge in [0.05, 0.1) is 12.6 Å². The molecule has 1 N–H and O–H groups in total. The lowest BCUT2D eigenvalue weighted by Gasteiger charge is -2.38. The van der Waals surface area contributed by atoms with Crippen LogP contribution in [0.15, 0.2) is 53.6 Å². The van der Waals surface area contributed by atoms with E-state index >= 15 is 4.39 Å². The van der Waals surface area contributed by atoms with Crippen LogP contribution in [-0.2, 0) is 4.79 Å². The minimum absolute atomic E-state index is 0.0523. The summed E-state index contributed by atoms with van der Waals surface area (Å²) >= 11 is 1.28. The maximum atomic E-state index is 15.5. The molecule has 0 bridgehead atoms. The van der Waals surface area contributed by atoms with Crippen molar-refractivity contribution >= 4 is 28.6 Å². The van der Waals surface area contributed by atoms with Crippen LogP contribution < -0.4 is 4.74 Å². The first kappa shape index (κ1) is 28.2. The van der Waals surface area contributed by atoms with Gasteiger partial charge in [-0.2, -0.15) is 0 Å². The van der Waals surface area contributed by atoms with E-state index in [1.54, 1.807) is 31.5 Å². The quantitative estimate of drug-likeness (QED) is 0.197. The number of pyridine rings is 1. The van der Waals surface area contributed by atoms with Crippen LogP contribution in [0.5, 0.6) is 5.75 Å². The molecule has 0 radical (unpaired) electrons. The molecule has 1 saturated heterocycles. The zero-order chi connectivity index (χ0) is 27.1. The molecule has 38 heavy (non-hydrogen) atoms. The van der Waals surface area contributed by atoms with Gasteiger partial charge in [0, 0.05) is 29.4 Å². The van der Waals surface area contributed by atoms with Crippen molar-refractivity contribution in [3.8, 4) is 5.75 Å². The van der Waals surface area contributed by atoms with Gasteiger partial charge in [0.1, 0.15) is 23.6 Å². The lowest BCUT2D eigenvalue weighted by Crippen LogP contribution is -2.42. The molecular formula is C29H33F3N2O3S. The molecule has 0 saturated carbocycles. The molecule has 9 heteroatoms. The Morgan fingerprint density at radius 2 is 2.05 bits per heavy atom. The van der Waals surface area contributed by atoms with E-state index < -0.39 is 23.8 Å². The zero-order valence-electron chi connectivity index (χ0n) is 21.4. The summed E-state index contributed by atoms with van der Waals surface area (Å²) in [5.74, 6) is -0.382. The van der Waals surface area contributed by atoms with Crippen LogP contribution in [0.4, 0.5) is 13.2 Å². The lowest BCUT2D eigenvalue weighted by molar-refractivity contribution is -0.139. The van der Waals surface area contributed by atoms with E-state index in [1.807, 2.05) is 6.07 Å². The molecule has 1 aromatic heterocycles. The van der Waals surface area contributed by atoms with Crippen molar-refractivity contribution in [2.75, 3.05) is 32.5 Å². The Labute approximate surface area is 225 Å². The Morgan fingerprint density at radius 3 is 2.84 bits per heavy atom. The smallest absolute Gasteiger partial charge is 0.303 e. The van der Waals surface area contributed by atoms with E-state index in [-0.39, 0.29) is 18.3 Å². The fourth-order valence-electron chi connectivity index (χ4n) is 5.32. The van der Waals surface area contributed by atoms with E-state index in [1.165, 1.54) is 17.8 Å². The Balaban J connectivity index is 1.31. The van der Waals surface area contributed by atoms with Gasteiger partial charge in [0.2, 0.25) is 0 Å². The maximum Gasteiger partial charge on any atom is 0.303 e. The summed E-state index contributed by atoms with van der Waals surface area (Å²) in [6, 6.07) is 10.6. The average molecular weight is 547 g/mol. The standard InChI is InChI=1S/C29H33F3N2O3S/c1-37-22-5-8-27-24(17-22)23(9-11-33-27)25(31)6-3-19-10-13-34(18-20(19)15-29(35)36)12-2-14-38-28-16-21(30)4-7-26(28)32/h4-5,7-9,11,16-17,19-20,25H,2-3,6,10,12-15,18H2,1H3,(H,35,36)/t19-,20+,25+/m1/s1. The number of rotatable bonds is 12. The van der Waals surface area contributed by atoms with Crippen molar-refractivity contribution in [3.05, 3.63) is 65.9 Å². The first-order valence-corrected chi connectivity index (χ1v) is 13.9. The fourth-order valence-corrected chi connectivity index (χ4v) is 6.21. The molecule has 204 valence electrons. The average Bonchev–Trinajstić information content (AvgIpc) is 2.91. The van der Waals surface area contributed by atoms with Gasteiger partial charge in [-0.3, -0.25) is 9.78 Å². The number of hydrogen-bond donors (Lipinski definition) is 1.